The van der Waals surface area contributed by atoms with Crippen molar-refractivity contribution in [2.45, 2.75) is 39.7 Å². The Morgan fingerprint density at radius 2 is 2.20 bits per heavy atom. The molecule has 3 rings (SSSR count). The maximum atomic E-state index is 4.70. The summed E-state index contributed by atoms with van der Waals surface area (Å²) >= 11 is 0. The lowest BCUT2D eigenvalue weighted by molar-refractivity contribution is 0.638. The van der Waals surface area contributed by atoms with E-state index in [0.717, 1.165) is 36.0 Å². The zero-order chi connectivity index (χ0) is 14.1. The molecule has 108 valence electrons. The third-order valence-electron chi connectivity index (χ3n) is 3.65. The van der Waals surface area contributed by atoms with Gasteiger partial charge in [0.25, 0.3) is 0 Å². The summed E-state index contributed by atoms with van der Waals surface area (Å²) < 4.78 is 0. The fourth-order valence-electron chi connectivity index (χ4n) is 2.38. The second-order valence-electron chi connectivity index (χ2n) is 5.69. The number of nitrogens with zero attached hydrogens (tertiary/aromatic N) is 4. The summed E-state index contributed by atoms with van der Waals surface area (Å²) in [7, 11) is 0. The second kappa shape index (κ2) is 5.26. The van der Waals surface area contributed by atoms with Crippen molar-refractivity contribution in [2.24, 2.45) is 5.92 Å². The first kappa shape index (κ1) is 13.1. The number of rotatable bonds is 6. The molecule has 0 aliphatic heterocycles. The number of nitrogens with one attached hydrogen (secondary N) is 2. The minimum atomic E-state index is 0.409. The van der Waals surface area contributed by atoms with Gasteiger partial charge in [-0.2, -0.15) is 9.97 Å². The Morgan fingerprint density at radius 3 is 2.85 bits per heavy atom. The van der Waals surface area contributed by atoms with Crippen molar-refractivity contribution >= 4 is 22.9 Å². The van der Waals surface area contributed by atoms with Crippen LogP contribution in [0.25, 0.3) is 11.2 Å². The molecule has 2 aromatic rings. The van der Waals surface area contributed by atoms with E-state index in [2.05, 4.69) is 39.0 Å². The average Bonchev–Trinajstić information content (AvgIpc) is 3.11. The van der Waals surface area contributed by atoms with Gasteiger partial charge in [-0.05, 0) is 39.5 Å². The highest BCUT2D eigenvalue weighted by molar-refractivity contribution is 5.84. The summed E-state index contributed by atoms with van der Waals surface area (Å²) in [6.07, 6.45) is 4.36. The molecule has 0 spiro atoms. The molecule has 0 radical (unpaired) electrons. The maximum absolute atomic E-state index is 4.70. The Labute approximate surface area is 119 Å². The molecule has 0 bridgehead atoms. The van der Waals surface area contributed by atoms with Crippen molar-refractivity contribution in [3.8, 4) is 0 Å². The van der Waals surface area contributed by atoms with Gasteiger partial charge in [0.1, 0.15) is 5.52 Å². The molecule has 1 aliphatic carbocycles. The van der Waals surface area contributed by atoms with Crippen LogP contribution >= 0.6 is 0 Å². The van der Waals surface area contributed by atoms with E-state index < -0.39 is 0 Å². The van der Waals surface area contributed by atoms with Crippen molar-refractivity contribution in [1.29, 1.82) is 0 Å². The summed E-state index contributed by atoms with van der Waals surface area (Å²) in [5.74, 6) is 2.43. The summed E-state index contributed by atoms with van der Waals surface area (Å²) in [5.41, 5.74) is 1.66. The van der Waals surface area contributed by atoms with Crippen LogP contribution in [-0.4, -0.2) is 39.1 Å². The number of H-pyrrole nitrogens is 1. The van der Waals surface area contributed by atoms with Gasteiger partial charge < -0.3 is 15.2 Å². The standard InChI is InChI=1S/C14H22N6/c1-4-15-14-18-12-11(16-8-17-12)13(19-14)20(9(2)3)7-10-5-6-10/h8-10H,4-7H2,1-3H3,(H2,15,16,17,18,19). The van der Waals surface area contributed by atoms with E-state index >= 15 is 0 Å². The van der Waals surface area contributed by atoms with E-state index in [0.29, 0.717) is 12.0 Å². The van der Waals surface area contributed by atoms with E-state index in [1.807, 2.05) is 6.92 Å². The van der Waals surface area contributed by atoms with Gasteiger partial charge in [0.2, 0.25) is 5.95 Å². The molecule has 0 unspecified atom stereocenters. The van der Waals surface area contributed by atoms with Gasteiger partial charge in [0, 0.05) is 19.1 Å². The summed E-state index contributed by atoms with van der Waals surface area (Å²) in [5, 5.41) is 3.19. The van der Waals surface area contributed by atoms with Gasteiger partial charge in [-0.3, -0.25) is 0 Å². The van der Waals surface area contributed by atoms with Crippen LogP contribution < -0.4 is 10.2 Å². The first-order valence-electron chi connectivity index (χ1n) is 7.40. The molecule has 0 atom stereocenters. The highest BCUT2D eigenvalue weighted by Gasteiger charge is 2.28. The van der Waals surface area contributed by atoms with Crippen molar-refractivity contribution in [3.63, 3.8) is 0 Å². The number of anilines is 2. The van der Waals surface area contributed by atoms with Crippen molar-refractivity contribution in [2.75, 3.05) is 23.3 Å². The van der Waals surface area contributed by atoms with Crippen LogP contribution in [0, 0.1) is 5.92 Å². The zero-order valence-corrected chi connectivity index (χ0v) is 12.3. The fourth-order valence-corrected chi connectivity index (χ4v) is 2.38. The van der Waals surface area contributed by atoms with Crippen LogP contribution in [0.3, 0.4) is 0 Å². The van der Waals surface area contributed by atoms with Crippen molar-refractivity contribution in [1.82, 2.24) is 19.9 Å². The Bertz CT molecular complexity index is 586. The van der Waals surface area contributed by atoms with E-state index in [1.54, 1.807) is 6.33 Å². The van der Waals surface area contributed by atoms with Gasteiger partial charge >= 0.3 is 0 Å². The van der Waals surface area contributed by atoms with Gasteiger partial charge in [-0.1, -0.05) is 0 Å². The van der Waals surface area contributed by atoms with Crippen LogP contribution in [0.15, 0.2) is 6.33 Å². The highest BCUT2D eigenvalue weighted by atomic mass is 15.3. The maximum Gasteiger partial charge on any atom is 0.226 e. The number of hydrogen-bond acceptors (Lipinski definition) is 5. The predicted octanol–water partition coefficient (Wildman–Crippen LogP) is 2.41. The average molecular weight is 274 g/mol. The lowest BCUT2D eigenvalue weighted by Crippen LogP contribution is -2.34. The van der Waals surface area contributed by atoms with Crippen LogP contribution in [0.4, 0.5) is 11.8 Å². The van der Waals surface area contributed by atoms with Crippen LogP contribution in [0.5, 0.6) is 0 Å². The fraction of sp³-hybridized carbons (Fsp3) is 0.643. The molecular weight excluding hydrogens is 252 g/mol. The first-order chi connectivity index (χ1) is 9.69. The molecule has 0 saturated heterocycles. The molecule has 1 saturated carbocycles. The van der Waals surface area contributed by atoms with Gasteiger partial charge in [-0.25, -0.2) is 4.98 Å². The molecule has 1 fully saturated rings. The minimum Gasteiger partial charge on any atom is -0.354 e. The van der Waals surface area contributed by atoms with Crippen LogP contribution in [0.1, 0.15) is 33.6 Å². The minimum absolute atomic E-state index is 0.409. The number of fused-ring (bicyclic) bond motifs is 1. The lowest BCUT2D eigenvalue weighted by atomic mass is 10.2. The zero-order valence-electron chi connectivity index (χ0n) is 12.3. The van der Waals surface area contributed by atoms with E-state index in [9.17, 15) is 0 Å². The molecule has 6 heteroatoms. The van der Waals surface area contributed by atoms with Gasteiger partial charge in [0.15, 0.2) is 11.5 Å². The molecule has 2 aromatic heterocycles. The Kier molecular flexibility index (Phi) is 3.46. The molecule has 0 amide bonds. The van der Waals surface area contributed by atoms with Gasteiger partial charge in [0.05, 0.1) is 6.33 Å². The van der Waals surface area contributed by atoms with E-state index in [4.69, 9.17) is 4.98 Å². The lowest BCUT2D eigenvalue weighted by Gasteiger charge is -2.28. The molecule has 6 nitrogen and oxygen atoms in total. The summed E-state index contributed by atoms with van der Waals surface area (Å²) in [4.78, 5) is 19.0. The van der Waals surface area contributed by atoms with Crippen LogP contribution in [-0.2, 0) is 0 Å². The Hall–Kier alpha value is -1.85. The second-order valence-corrected chi connectivity index (χ2v) is 5.69. The monoisotopic (exact) mass is 274 g/mol. The van der Waals surface area contributed by atoms with Gasteiger partial charge in [-0.15, -0.1) is 0 Å². The highest BCUT2D eigenvalue weighted by Crippen LogP contribution is 2.33. The molecule has 0 aromatic carbocycles. The molecule has 20 heavy (non-hydrogen) atoms. The molecular formula is C14H22N6. The number of imidazole rings is 1. The van der Waals surface area contributed by atoms with E-state index in [1.165, 1.54) is 12.8 Å². The van der Waals surface area contributed by atoms with Crippen molar-refractivity contribution in [3.05, 3.63) is 6.33 Å². The molecule has 2 heterocycles. The first-order valence-corrected chi connectivity index (χ1v) is 7.40. The van der Waals surface area contributed by atoms with Crippen molar-refractivity contribution < 1.29 is 0 Å². The normalized spacial score (nSPS) is 15.0. The van der Waals surface area contributed by atoms with E-state index in [-0.39, 0.29) is 0 Å². The molecule has 1 aliphatic rings. The largest absolute Gasteiger partial charge is 0.354 e. The summed E-state index contributed by atoms with van der Waals surface area (Å²) in [6, 6.07) is 0.409. The van der Waals surface area contributed by atoms with Crippen LogP contribution in [0.2, 0.25) is 0 Å². The number of aromatic nitrogens is 4. The predicted molar refractivity (Wildman–Crippen MR) is 81.1 cm³/mol. The third-order valence-corrected chi connectivity index (χ3v) is 3.65. The quantitative estimate of drug-likeness (QED) is 0.846. The Balaban J connectivity index is 2.03. The topological polar surface area (TPSA) is 69.7 Å². The number of hydrogen-bond donors (Lipinski definition) is 2. The smallest absolute Gasteiger partial charge is 0.226 e. The third kappa shape index (κ3) is 2.55. The molecule has 2 N–H and O–H groups in total. The summed E-state index contributed by atoms with van der Waals surface area (Å²) in [6.45, 7) is 8.33. The Morgan fingerprint density at radius 1 is 1.40 bits per heavy atom. The SMILES string of the molecule is CCNc1nc(N(CC2CC2)C(C)C)c2[nH]cnc2n1. The number of aromatic amines is 1.